The van der Waals surface area contributed by atoms with Gasteiger partial charge in [-0.1, -0.05) is 13.0 Å². The fourth-order valence-electron chi connectivity index (χ4n) is 1.93. The lowest BCUT2D eigenvalue weighted by atomic mass is 10.2. The van der Waals surface area contributed by atoms with Gasteiger partial charge >= 0.3 is 0 Å². The Balaban J connectivity index is 2.78. The van der Waals surface area contributed by atoms with Crippen molar-refractivity contribution in [1.82, 2.24) is 10.3 Å². The van der Waals surface area contributed by atoms with E-state index in [0.29, 0.717) is 6.61 Å². The van der Waals surface area contributed by atoms with Crippen LogP contribution in [-0.2, 0) is 11.3 Å². The van der Waals surface area contributed by atoms with E-state index in [9.17, 15) is 0 Å². The van der Waals surface area contributed by atoms with Crippen molar-refractivity contribution in [2.45, 2.75) is 19.9 Å². The van der Waals surface area contributed by atoms with E-state index >= 15 is 0 Å². The van der Waals surface area contributed by atoms with Crippen LogP contribution in [-0.4, -0.2) is 38.3 Å². The zero-order chi connectivity index (χ0) is 13.9. The standard InChI is InChI=1S/C15H25N3O/c1-4-7-16-12-14-13-17-8-6-15(14)18(9-5-2)10-11-19-3/h5-6,8,13,16H,2,4,7,9-12H2,1,3H3. The molecule has 0 radical (unpaired) electrons. The second kappa shape index (κ2) is 9.53. The van der Waals surface area contributed by atoms with Gasteiger partial charge in [0.1, 0.15) is 0 Å². The van der Waals surface area contributed by atoms with E-state index in [2.05, 4.69) is 34.8 Å². The zero-order valence-electron chi connectivity index (χ0n) is 12.1. The molecule has 0 atom stereocenters. The molecule has 1 aromatic rings. The van der Waals surface area contributed by atoms with Gasteiger partial charge in [-0.2, -0.15) is 0 Å². The van der Waals surface area contributed by atoms with Crippen molar-refractivity contribution >= 4 is 5.69 Å². The molecule has 0 aromatic carbocycles. The van der Waals surface area contributed by atoms with Crippen LogP contribution in [0.25, 0.3) is 0 Å². The Morgan fingerprint density at radius 3 is 3.05 bits per heavy atom. The molecule has 0 saturated carbocycles. The maximum atomic E-state index is 5.17. The van der Waals surface area contributed by atoms with Gasteiger partial charge in [0.2, 0.25) is 0 Å². The Hall–Kier alpha value is -1.39. The number of hydrogen-bond acceptors (Lipinski definition) is 4. The fourth-order valence-corrected chi connectivity index (χ4v) is 1.93. The van der Waals surface area contributed by atoms with Gasteiger partial charge in [0.25, 0.3) is 0 Å². The highest BCUT2D eigenvalue weighted by Gasteiger charge is 2.09. The predicted molar refractivity (Wildman–Crippen MR) is 80.5 cm³/mol. The normalized spacial score (nSPS) is 10.4. The van der Waals surface area contributed by atoms with Crippen LogP contribution >= 0.6 is 0 Å². The van der Waals surface area contributed by atoms with Crippen molar-refractivity contribution in [2.24, 2.45) is 0 Å². The summed E-state index contributed by atoms with van der Waals surface area (Å²) in [6.07, 6.45) is 6.82. The first-order chi connectivity index (χ1) is 9.33. The Labute approximate surface area is 116 Å². The molecule has 0 bridgehead atoms. The highest BCUT2D eigenvalue weighted by Crippen LogP contribution is 2.19. The molecule has 4 heteroatoms. The van der Waals surface area contributed by atoms with Crippen LogP contribution in [0, 0.1) is 0 Å². The maximum Gasteiger partial charge on any atom is 0.0637 e. The van der Waals surface area contributed by atoms with Crippen molar-refractivity contribution in [1.29, 1.82) is 0 Å². The Kier molecular flexibility index (Phi) is 7.86. The second-order valence-electron chi connectivity index (χ2n) is 4.41. The number of nitrogens with one attached hydrogen (secondary N) is 1. The molecule has 1 heterocycles. The molecule has 1 N–H and O–H groups in total. The molecule has 0 aliphatic heterocycles. The van der Waals surface area contributed by atoms with Gasteiger partial charge in [0, 0.05) is 50.4 Å². The summed E-state index contributed by atoms with van der Waals surface area (Å²) in [6, 6.07) is 2.06. The number of rotatable bonds is 10. The largest absolute Gasteiger partial charge is 0.383 e. The lowest BCUT2D eigenvalue weighted by molar-refractivity contribution is 0.205. The SMILES string of the molecule is C=CCN(CCOC)c1ccncc1CNCCC. The van der Waals surface area contributed by atoms with E-state index in [1.54, 1.807) is 7.11 Å². The van der Waals surface area contributed by atoms with Crippen LogP contribution < -0.4 is 10.2 Å². The minimum absolute atomic E-state index is 0.706. The molecule has 106 valence electrons. The molecule has 0 spiro atoms. The molecular formula is C15H25N3O. The smallest absolute Gasteiger partial charge is 0.0637 e. The van der Waals surface area contributed by atoms with Crippen LogP contribution in [0.15, 0.2) is 31.1 Å². The van der Waals surface area contributed by atoms with Crippen LogP contribution in [0.4, 0.5) is 5.69 Å². The Bertz CT molecular complexity index is 368. The number of pyridine rings is 1. The van der Waals surface area contributed by atoms with Crippen LogP contribution in [0.3, 0.4) is 0 Å². The number of methoxy groups -OCH3 is 1. The van der Waals surface area contributed by atoms with E-state index in [1.807, 2.05) is 18.5 Å². The lowest BCUT2D eigenvalue weighted by Gasteiger charge is -2.25. The van der Waals surface area contributed by atoms with Crippen molar-refractivity contribution < 1.29 is 4.74 Å². The molecule has 0 aliphatic rings. The summed E-state index contributed by atoms with van der Waals surface area (Å²) in [7, 11) is 1.72. The minimum atomic E-state index is 0.706. The van der Waals surface area contributed by atoms with E-state index in [1.165, 1.54) is 11.3 Å². The number of ether oxygens (including phenoxy) is 1. The van der Waals surface area contributed by atoms with Gasteiger partial charge in [-0.25, -0.2) is 0 Å². The molecule has 0 amide bonds. The van der Waals surface area contributed by atoms with E-state index in [-0.39, 0.29) is 0 Å². The van der Waals surface area contributed by atoms with E-state index < -0.39 is 0 Å². The molecule has 0 aliphatic carbocycles. The summed E-state index contributed by atoms with van der Waals surface area (Å²) in [5.41, 5.74) is 2.42. The fraction of sp³-hybridized carbons (Fsp3) is 0.533. The van der Waals surface area contributed by atoms with Crippen LogP contribution in [0.5, 0.6) is 0 Å². The van der Waals surface area contributed by atoms with Crippen molar-refractivity contribution in [3.05, 3.63) is 36.7 Å². The quantitative estimate of drug-likeness (QED) is 0.519. The average Bonchev–Trinajstić information content (AvgIpc) is 2.44. The molecule has 1 aromatic heterocycles. The zero-order valence-corrected chi connectivity index (χ0v) is 12.1. The van der Waals surface area contributed by atoms with E-state index in [4.69, 9.17) is 4.74 Å². The van der Waals surface area contributed by atoms with Gasteiger partial charge < -0.3 is 15.0 Å². The number of nitrogens with zero attached hydrogens (tertiary/aromatic N) is 2. The highest BCUT2D eigenvalue weighted by atomic mass is 16.5. The number of aromatic nitrogens is 1. The van der Waals surface area contributed by atoms with Crippen molar-refractivity contribution in [2.75, 3.05) is 38.3 Å². The summed E-state index contributed by atoms with van der Waals surface area (Å²) < 4.78 is 5.17. The van der Waals surface area contributed by atoms with Gasteiger partial charge in [0.15, 0.2) is 0 Å². The van der Waals surface area contributed by atoms with Gasteiger partial charge in [0.05, 0.1) is 6.61 Å². The monoisotopic (exact) mass is 263 g/mol. The Morgan fingerprint density at radius 2 is 2.37 bits per heavy atom. The molecule has 0 unspecified atom stereocenters. The molecule has 0 saturated heterocycles. The van der Waals surface area contributed by atoms with Gasteiger partial charge in [-0.15, -0.1) is 6.58 Å². The van der Waals surface area contributed by atoms with Crippen LogP contribution in [0.1, 0.15) is 18.9 Å². The third kappa shape index (κ3) is 5.41. The lowest BCUT2D eigenvalue weighted by Crippen LogP contribution is -2.29. The maximum absolute atomic E-state index is 5.17. The summed E-state index contributed by atoms with van der Waals surface area (Å²) in [5.74, 6) is 0. The minimum Gasteiger partial charge on any atom is -0.383 e. The van der Waals surface area contributed by atoms with E-state index in [0.717, 1.165) is 32.6 Å². The topological polar surface area (TPSA) is 37.4 Å². The van der Waals surface area contributed by atoms with Gasteiger partial charge in [-0.3, -0.25) is 4.98 Å². The molecular weight excluding hydrogens is 238 g/mol. The Morgan fingerprint density at radius 1 is 1.53 bits per heavy atom. The first kappa shape index (κ1) is 15.7. The second-order valence-corrected chi connectivity index (χ2v) is 4.41. The van der Waals surface area contributed by atoms with Crippen molar-refractivity contribution in [3.63, 3.8) is 0 Å². The average molecular weight is 263 g/mol. The van der Waals surface area contributed by atoms with Crippen molar-refractivity contribution in [3.8, 4) is 0 Å². The molecule has 19 heavy (non-hydrogen) atoms. The third-order valence-electron chi connectivity index (χ3n) is 2.88. The molecule has 4 nitrogen and oxygen atoms in total. The third-order valence-corrected chi connectivity index (χ3v) is 2.88. The number of hydrogen-bond donors (Lipinski definition) is 1. The highest BCUT2D eigenvalue weighted by molar-refractivity contribution is 5.52. The molecule has 1 rings (SSSR count). The summed E-state index contributed by atoms with van der Waals surface area (Å²) in [6.45, 7) is 10.2. The summed E-state index contributed by atoms with van der Waals surface area (Å²) >= 11 is 0. The summed E-state index contributed by atoms with van der Waals surface area (Å²) in [5, 5.41) is 3.42. The van der Waals surface area contributed by atoms with Gasteiger partial charge in [-0.05, 0) is 19.0 Å². The first-order valence-corrected chi connectivity index (χ1v) is 6.81. The summed E-state index contributed by atoms with van der Waals surface area (Å²) in [4.78, 5) is 6.49. The predicted octanol–water partition coefficient (Wildman–Crippen LogP) is 2.22. The van der Waals surface area contributed by atoms with Crippen LogP contribution in [0.2, 0.25) is 0 Å². The first-order valence-electron chi connectivity index (χ1n) is 6.81. The molecule has 0 fully saturated rings. The number of anilines is 1.